The Bertz CT molecular complexity index is 605. The second-order valence-electron chi connectivity index (χ2n) is 3.13. The molecule has 0 atom stereocenters. The van der Waals surface area contributed by atoms with Crippen molar-refractivity contribution in [2.75, 3.05) is 4.72 Å². The maximum absolute atomic E-state index is 12.0. The Morgan fingerprint density at radius 3 is 2.71 bits per heavy atom. The predicted octanol–water partition coefficient (Wildman–Crippen LogP) is 0.773. The van der Waals surface area contributed by atoms with Crippen LogP contribution in [0.2, 0.25) is 0 Å². The summed E-state index contributed by atoms with van der Waals surface area (Å²) in [4.78, 5) is 3.88. The van der Waals surface area contributed by atoms with Gasteiger partial charge in [-0.3, -0.25) is 4.72 Å². The largest absolute Gasteiger partial charge is 0.283 e. The van der Waals surface area contributed by atoms with Crippen LogP contribution in [-0.4, -0.2) is 28.4 Å². The van der Waals surface area contributed by atoms with Gasteiger partial charge in [0.2, 0.25) is 5.03 Å². The van der Waals surface area contributed by atoms with E-state index in [1.165, 1.54) is 13.2 Å². The number of hydrogen-bond donors (Lipinski definition) is 1. The van der Waals surface area contributed by atoms with Crippen LogP contribution in [0.5, 0.6) is 0 Å². The van der Waals surface area contributed by atoms with Gasteiger partial charge < -0.3 is 0 Å². The molecule has 7 nitrogen and oxygen atoms in total. The number of aromatic nitrogens is 4. The average Bonchev–Trinajstić information content (AvgIpc) is 2.59. The molecule has 2 aromatic rings. The van der Waals surface area contributed by atoms with Crippen LogP contribution in [0.4, 0.5) is 5.82 Å². The third-order valence-electron chi connectivity index (χ3n) is 1.90. The quantitative estimate of drug-likeness (QED) is 0.903. The van der Waals surface area contributed by atoms with Gasteiger partial charge in [0.05, 0.1) is 0 Å². The van der Waals surface area contributed by atoms with Crippen molar-refractivity contribution in [3.05, 3.63) is 29.0 Å². The molecule has 0 radical (unpaired) electrons. The van der Waals surface area contributed by atoms with Crippen LogP contribution in [0.1, 0.15) is 0 Å². The van der Waals surface area contributed by atoms with Crippen LogP contribution in [0.25, 0.3) is 0 Å². The Morgan fingerprint density at radius 2 is 2.18 bits per heavy atom. The Kier molecular flexibility index (Phi) is 3.11. The standard InChI is InChI=1S/C8H8BrN5O2S/c1-14-8(7(9)11-13-14)17(15,16)12-6-4-2-3-5-10-6/h2-5H,1H3,(H,10,12). The van der Waals surface area contributed by atoms with Gasteiger partial charge in [0.1, 0.15) is 5.82 Å². The van der Waals surface area contributed by atoms with Crippen molar-refractivity contribution in [3.8, 4) is 0 Å². The molecule has 1 N–H and O–H groups in total. The molecule has 0 saturated carbocycles. The minimum absolute atomic E-state index is 0.0526. The molecule has 90 valence electrons. The fraction of sp³-hybridized carbons (Fsp3) is 0.125. The number of nitrogens with zero attached hydrogens (tertiary/aromatic N) is 4. The van der Waals surface area contributed by atoms with E-state index in [1.54, 1.807) is 18.2 Å². The van der Waals surface area contributed by atoms with E-state index in [0.717, 1.165) is 4.68 Å². The summed E-state index contributed by atoms with van der Waals surface area (Å²) >= 11 is 3.03. The van der Waals surface area contributed by atoms with Gasteiger partial charge in [-0.05, 0) is 28.1 Å². The number of nitrogens with one attached hydrogen (secondary N) is 1. The van der Waals surface area contributed by atoms with Gasteiger partial charge in [0.25, 0.3) is 10.0 Å². The molecule has 0 saturated heterocycles. The summed E-state index contributed by atoms with van der Waals surface area (Å²) < 4.78 is 27.7. The van der Waals surface area contributed by atoms with Crippen LogP contribution in [-0.2, 0) is 17.1 Å². The van der Waals surface area contributed by atoms with Crippen molar-refractivity contribution in [2.24, 2.45) is 7.05 Å². The molecule has 0 aromatic carbocycles. The number of sulfonamides is 1. The second-order valence-corrected chi connectivity index (χ2v) is 5.48. The number of hydrogen-bond acceptors (Lipinski definition) is 5. The first-order valence-corrected chi connectivity index (χ1v) is 6.77. The summed E-state index contributed by atoms with van der Waals surface area (Å²) in [5.41, 5.74) is 0. The van der Waals surface area contributed by atoms with Crippen LogP contribution >= 0.6 is 15.9 Å². The summed E-state index contributed by atoms with van der Waals surface area (Å²) in [6, 6.07) is 4.93. The zero-order valence-corrected chi connectivity index (χ0v) is 11.1. The van der Waals surface area contributed by atoms with Crippen molar-refractivity contribution in [1.29, 1.82) is 0 Å². The van der Waals surface area contributed by atoms with Crippen molar-refractivity contribution in [1.82, 2.24) is 20.0 Å². The first kappa shape index (κ1) is 12.0. The molecule has 0 aliphatic heterocycles. The van der Waals surface area contributed by atoms with E-state index in [0.29, 0.717) is 0 Å². The molecule has 0 fully saturated rings. The van der Waals surface area contributed by atoms with Crippen molar-refractivity contribution < 1.29 is 8.42 Å². The number of halogens is 1. The van der Waals surface area contributed by atoms with Gasteiger partial charge in [0.15, 0.2) is 4.60 Å². The summed E-state index contributed by atoms with van der Waals surface area (Å²) in [6.07, 6.45) is 1.49. The maximum atomic E-state index is 12.0. The van der Waals surface area contributed by atoms with E-state index in [-0.39, 0.29) is 15.4 Å². The van der Waals surface area contributed by atoms with E-state index in [2.05, 4.69) is 35.9 Å². The van der Waals surface area contributed by atoms with E-state index >= 15 is 0 Å². The van der Waals surface area contributed by atoms with E-state index < -0.39 is 10.0 Å². The zero-order valence-electron chi connectivity index (χ0n) is 8.70. The van der Waals surface area contributed by atoms with Crippen molar-refractivity contribution in [2.45, 2.75) is 5.03 Å². The topological polar surface area (TPSA) is 89.8 Å². The Balaban J connectivity index is 2.39. The number of aryl methyl sites for hydroxylation is 1. The number of anilines is 1. The minimum Gasteiger partial charge on any atom is -0.262 e. The number of rotatable bonds is 3. The molecule has 0 unspecified atom stereocenters. The third kappa shape index (κ3) is 2.44. The lowest BCUT2D eigenvalue weighted by Gasteiger charge is -2.06. The van der Waals surface area contributed by atoms with Gasteiger partial charge >= 0.3 is 0 Å². The van der Waals surface area contributed by atoms with Crippen LogP contribution < -0.4 is 4.72 Å². The summed E-state index contributed by atoms with van der Waals surface area (Å²) in [7, 11) is -2.26. The van der Waals surface area contributed by atoms with Gasteiger partial charge in [-0.2, -0.15) is 8.42 Å². The molecule has 0 aliphatic carbocycles. The maximum Gasteiger partial charge on any atom is 0.283 e. The van der Waals surface area contributed by atoms with Crippen LogP contribution in [0.15, 0.2) is 34.0 Å². The SMILES string of the molecule is Cn1nnc(Br)c1S(=O)(=O)Nc1ccccn1. The molecule has 0 bridgehead atoms. The molecular weight excluding hydrogens is 310 g/mol. The Morgan fingerprint density at radius 1 is 1.41 bits per heavy atom. The van der Waals surface area contributed by atoms with Crippen molar-refractivity contribution in [3.63, 3.8) is 0 Å². The Labute approximate surface area is 106 Å². The normalized spacial score (nSPS) is 11.4. The van der Waals surface area contributed by atoms with E-state index in [9.17, 15) is 8.42 Å². The molecule has 0 amide bonds. The molecule has 2 heterocycles. The van der Waals surface area contributed by atoms with Crippen LogP contribution in [0, 0.1) is 0 Å². The highest BCUT2D eigenvalue weighted by atomic mass is 79.9. The number of pyridine rings is 1. The fourth-order valence-corrected chi connectivity index (χ4v) is 3.32. The molecule has 2 rings (SSSR count). The molecule has 9 heteroatoms. The van der Waals surface area contributed by atoms with E-state index in [4.69, 9.17) is 0 Å². The smallest absolute Gasteiger partial charge is 0.262 e. The predicted molar refractivity (Wildman–Crippen MR) is 63.7 cm³/mol. The molecular formula is C8H8BrN5O2S. The lowest BCUT2D eigenvalue weighted by molar-refractivity contribution is 0.578. The molecule has 0 spiro atoms. The Hall–Kier alpha value is -1.48. The lowest BCUT2D eigenvalue weighted by Crippen LogP contribution is -2.17. The van der Waals surface area contributed by atoms with E-state index in [1.807, 2.05) is 0 Å². The summed E-state index contributed by atoms with van der Waals surface area (Å²) in [5.74, 6) is 0.237. The second kappa shape index (κ2) is 4.41. The summed E-state index contributed by atoms with van der Waals surface area (Å²) in [5, 5.41) is 7.17. The van der Waals surface area contributed by atoms with Crippen molar-refractivity contribution >= 4 is 31.8 Å². The monoisotopic (exact) mass is 317 g/mol. The first-order valence-electron chi connectivity index (χ1n) is 4.50. The van der Waals surface area contributed by atoms with Gasteiger partial charge in [-0.15, -0.1) is 5.10 Å². The fourth-order valence-electron chi connectivity index (χ4n) is 1.22. The highest BCUT2D eigenvalue weighted by molar-refractivity contribution is 9.10. The molecule has 0 aliphatic rings. The highest BCUT2D eigenvalue weighted by Crippen LogP contribution is 2.20. The molecule has 17 heavy (non-hydrogen) atoms. The van der Waals surface area contributed by atoms with Gasteiger partial charge in [-0.1, -0.05) is 11.3 Å². The lowest BCUT2D eigenvalue weighted by atomic mass is 10.5. The first-order chi connectivity index (χ1) is 8.00. The van der Waals surface area contributed by atoms with Gasteiger partial charge in [0, 0.05) is 13.2 Å². The highest BCUT2D eigenvalue weighted by Gasteiger charge is 2.24. The summed E-state index contributed by atoms with van der Waals surface area (Å²) in [6.45, 7) is 0. The van der Waals surface area contributed by atoms with Gasteiger partial charge in [-0.25, -0.2) is 9.67 Å². The van der Waals surface area contributed by atoms with Crippen LogP contribution in [0.3, 0.4) is 0 Å². The zero-order chi connectivity index (χ0) is 12.5. The molecule has 2 aromatic heterocycles. The average molecular weight is 318 g/mol. The third-order valence-corrected chi connectivity index (χ3v) is 4.14. The minimum atomic E-state index is -3.75.